The van der Waals surface area contributed by atoms with Crippen LogP contribution in [0.25, 0.3) is 0 Å². The van der Waals surface area contributed by atoms with Crippen molar-refractivity contribution in [2.24, 2.45) is 5.92 Å². The fourth-order valence-electron chi connectivity index (χ4n) is 2.35. The number of nitrogens with one attached hydrogen (secondary N) is 1. The van der Waals surface area contributed by atoms with Gasteiger partial charge in [0.25, 0.3) is 0 Å². The summed E-state index contributed by atoms with van der Waals surface area (Å²) in [6.45, 7) is 0.696. The highest BCUT2D eigenvalue weighted by atomic mass is 16.5. The normalized spacial score (nSPS) is 15.6. The lowest BCUT2D eigenvalue weighted by Crippen LogP contribution is -2.27. The summed E-state index contributed by atoms with van der Waals surface area (Å²) < 4.78 is 21.3. The van der Waals surface area contributed by atoms with Gasteiger partial charge < -0.3 is 24.3 Å². The van der Waals surface area contributed by atoms with E-state index >= 15 is 0 Å². The smallest absolute Gasteiger partial charge is 0.203 e. The number of anilines is 1. The number of ether oxygens (including phenoxy) is 4. The van der Waals surface area contributed by atoms with Crippen molar-refractivity contribution in [3.63, 3.8) is 0 Å². The third-order valence-electron chi connectivity index (χ3n) is 3.55. The van der Waals surface area contributed by atoms with Gasteiger partial charge in [-0.1, -0.05) is 0 Å². The fourth-order valence-corrected chi connectivity index (χ4v) is 2.35. The Hall–Kier alpha value is -1.62. The van der Waals surface area contributed by atoms with Crippen molar-refractivity contribution in [2.45, 2.75) is 18.9 Å². The van der Waals surface area contributed by atoms with Crippen molar-refractivity contribution >= 4 is 5.69 Å². The predicted octanol–water partition coefficient (Wildman–Crippen LogP) is 2.55. The van der Waals surface area contributed by atoms with E-state index in [1.165, 1.54) is 12.8 Å². The van der Waals surface area contributed by atoms with E-state index < -0.39 is 0 Å². The largest absolute Gasteiger partial charge is 0.493 e. The molecule has 1 unspecified atom stereocenters. The highest BCUT2D eigenvalue weighted by molar-refractivity contribution is 5.62. The van der Waals surface area contributed by atoms with Crippen molar-refractivity contribution in [1.29, 1.82) is 0 Å². The second-order valence-electron chi connectivity index (χ2n) is 4.96. The summed E-state index contributed by atoms with van der Waals surface area (Å²) in [5.41, 5.74) is 0.952. The average Bonchev–Trinajstić information content (AvgIpc) is 3.30. The van der Waals surface area contributed by atoms with Gasteiger partial charge in [0.1, 0.15) is 0 Å². The molecule has 0 heterocycles. The van der Waals surface area contributed by atoms with Crippen molar-refractivity contribution in [1.82, 2.24) is 0 Å². The van der Waals surface area contributed by atoms with E-state index in [0.29, 0.717) is 35.8 Å². The summed E-state index contributed by atoms with van der Waals surface area (Å²) in [6.07, 6.45) is 2.51. The SMILES string of the molecule is COCC(Nc1cc(OC)c(OC)c(OC)c1)C1CC1. The van der Waals surface area contributed by atoms with Crippen LogP contribution in [-0.4, -0.2) is 41.1 Å². The van der Waals surface area contributed by atoms with E-state index in [1.807, 2.05) is 12.1 Å². The molecule has 1 aliphatic carbocycles. The van der Waals surface area contributed by atoms with Gasteiger partial charge in [-0.05, 0) is 18.8 Å². The van der Waals surface area contributed by atoms with Gasteiger partial charge >= 0.3 is 0 Å². The third-order valence-corrected chi connectivity index (χ3v) is 3.55. The molecule has 1 N–H and O–H groups in total. The highest BCUT2D eigenvalue weighted by Crippen LogP contribution is 2.41. The van der Waals surface area contributed by atoms with Crippen LogP contribution in [0.15, 0.2) is 12.1 Å². The molecule has 2 rings (SSSR count). The summed E-state index contributed by atoms with van der Waals surface area (Å²) in [7, 11) is 6.57. The van der Waals surface area contributed by atoms with Crippen molar-refractivity contribution in [3.8, 4) is 17.2 Å². The zero-order valence-electron chi connectivity index (χ0n) is 12.6. The molecule has 5 nitrogen and oxygen atoms in total. The molecule has 1 aromatic rings. The topological polar surface area (TPSA) is 49.0 Å². The summed E-state index contributed by atoms with van der Waals surface area (Å²) in [5.74, 6) is 2.60. The Labute approximate surface area is 120 Å². The van der Waals surface area contributed by atoms with Crippen LogP contribution in [0.4, 0.5) is 5.69 Å². The van der Waals surface area contributed by atoms with Crippen LogP contribution in [0.2, 0.25) is 0 Å². The Morgan fingerprint density at radius 3 is 2.05 bits per heavy atom. The molecule has 0 spiro atoms. The molecule has 1 saturated carbocycles. The minimum atomic E-state index is 0.322. The van der Waals surface area contributed by atoms with E-state index in [1.54, 1.807) is 28.4 Å². The maximum absolute atomic E-state index is 5.36. The Kier molecular flexibility index (Phi) is 4.95. The fraction of sp³-hybridized carbons (Fsp3) is 0.600. The molecule has 1 fully saturated rings. The van der Waals surface area contributed by atoms with Gasteiger partial charge in [-0.3, -0.25) is 0 Å². The Morgan fingerprint density at radius 1 is 1.05 bits per heavy atom. The summed E-state index contributed by atoms with van der Waals surface area (Å²) >= 11 is 0. The molecular weight excluding hydrogens is 258 g/mol. The van der Waals surface area contributed by atoms with Gasteiger partial charge in [-0.15, -0.1) is 0 Å². The first kappa shape index (κ1) is 14.8. The Bertz CT molecular complexity index is 420. The van der Waals surface area contributed by atoms with E-state index in [4.69, 9.17) is 18.9 Å². The van der Waals surface area contributed by atoms with Crippen molar-refractivity contribution < 1.29 is 18.9 Å². The monoisotopic (exact) mass is 281 g/mol. The molecular formula is C15H23NO4. The molecule has 1 aromatic carbocycles. The van der Waals surface area contributed by atoms with Gasteiger partial charge in [0.2, 0.25) is 5.75 Å². The van der Waals surface area contributed by atoms with Crippen molar-refractivity contribution in [2.75, 3.05) is 40.4 Å². The number of methoxy groups -OCH3 is 4. The summed E-state index contributed by atoms with van der Waals surface area (Å²) in [4.78, 5) is 0. The number of hydrogen-bond donors (Lipinski definition) is 1. The van der Waals surface area contributed by atoms with Gasteiger partial charge in [0.15, 0.2) is 11.5 Å². The molecule has 0 aliphatic heterocycles. The lowest BCUT2D eigenvalue weighted by atomic mass is 10.1. The number of benzene rings is 1. The zero-order valence-corrected chi connectivity index (χ0v) is 12.6. The van der Waals surface area contributed by atoms with Crippen LogP contribution in [-0.2, 0) is 4.74 Å². The molecule has 0 bridgehead atoms. The molecule has 0 aromatic heterocycles. The standard InChI is InChI=1S/C15H23NO4/c1-17-9-12(10-5-6-10)16-11-7-13(18-2)15(20-4)14(8-11)19-3/h7-8,10,12,16H,5-6,9H2,1-4H3. The minimum Gasteiger partial charge on any atom is -0.493 e. The van der Waals surface area contributed by atoms with E-state index in [-0.39, 0.29) is 0 Å². The van der Waals surface area contributed by atoms with Gasteiger partial charge in [-0.25, -0.2) is 0 Å². The van der Waals surface area contributed by atoms with Crippen LogP contribution < -0.4 is 19.5 Å². The van der Waals surface area contributed by atoms with E-state index in [9.17, 15) is 0 Å². The first-order valence-corrected chi connectivity index (χ1v) is 6.79. The molecule has 0 saturated heterocycles. The third kappa shape index (κ3) is 3.28. The summed E-state index contributed by atoms with van der Waals surface area (Å²) in [6, 6.07) is 4.17. The molecule has 0 amide bonds. The summed E-state index contributed by atoms with van der Waals surface area (Å²) in [5, 5.41) is 3.50. The quantitative estimate of drug-likeness (QED) is 0.793. The number of rotatable bonds is 8. The van der Waals surface area contributed by atoms with Gasteiger partial charge in [0.05, 0.1) is 34.0 Å². The van der Waals surface area contributed by atoms with E-state index in [0.717, 1.165) is 5.69 Å². The second kappa shape index (κ2) is 6.70. The first-order valence-electron chi connectivity index (χ1n) is 6.79. The molecule has 5 heteroatoms. The van der Waals surface area contributed by atoms with Gasteiger partial charge in [0, 0.05) is 24.9 Å². The molecule has 1 atom stereocenters. The molecule has 20 heavy (non-hydrogen) atoms. The van der Waals surface area contributed by atoms with Crippen LogP contribution >= 0.6 is 0 Å². The lowest BCUT2D eigenvalue weighted by molar-refractivity contribution is 0.179. The van der Waals surface area contributed by atoms with E-state index in [2.05, 4.69) is 5.32 Å². The zero-order chi connectivity index (χ0) is 14.5. The average molecular weight is 281 g/mol. The van der Waals surface area contributed by atoms with Gasteiger partial charge in [-0.2, -0.15) is 0 Å². The second-order valence-corrected chi connectivity index (χ2v) is 4.96. The maximum Gasteiger partial charge on any atom is 0.203 e. The first-order chi connectivity index (χ1) is 9.73. The lowest BCUT2D eigenvalue weighted by Gasteiger charge is -2.21. The maximum atomic E-state index is 5.36. The molecule has 112 valence electrons. The molecule has 0 radical (unpaired) electrons. The Balaban J connectivity index is 2.22. The van der Waals surface area contributed by atoms with Crippen LogP contribution in [0.3, 0.4) is 0 Å². The predicted molar refractivity (Wildman–Crippen MR) is 78.1 cm³/mol. The number of hydrogen-bond acceptors (Lipinski definition) is 5. The van der Waals surface area contributed by atoms with Crippen LogP contribution in [0.5, 0.6) is 17.2 Å². The highest BCUT2D eigenvalue weighted by Gasteiger charge is 2.31. The van der Waals surface area contributed by atoms with Crippen molar-refractivity contribution in [3.05, 3.63) is 12.1 Å². The minimum absolute atomic E-state index is 0.322. The van der Waals surface area contributed by atoms with Crippen LogP contribution in [0, 0.1) is 5.92 Å². The molecule has 1 aliphatic rings. The Morgan fingerprint density at radius 2 is 1.65 bits per heavy atom. The van der Waals surface area contributed by atoms with Crippen LogP contribution in [0.1, 0.15) is 12.8 Å².